The molecule has 6 nitrogen and oxygen atoms in total. The van der Waals surface area contributed by atoms with Gasteiger partial charge in [-0.25, -0.2) is 9.07 Å². The second-order valence-corrected chi connectivity index (χ2v) is 8.56. The SMILES string of the molecule is Cl.Fc1ccccc1C(c1nnnn1C1CCCCC1)N1CCN(c2ccccc2)CC1. The van der Waals surface area contributed by atoms with Crippen molar-refractivity contribution in [2.24, 2.45) is 0 Å². The first-order chi connectivity index (χ1) is 15.3. The van der Waals surface area contributed by atoms with Crippen molar-refractivity contribution >= 4 is 18.1 Å². The van der Waals surface area contributed by atoms with Gasteiger partial charge in [0.05, 0.1) is 6.04 Å². The second kappa shape index (κ2) is 10.4. The standard InChI is InChI=1S/C24H29FN6.ClH/c25-22-14-8-7-13-21(22)23(24-26-27-28-31(24)20-11-5-2-6-12-20)30-17-15-29(16-18-30)19-9-3-1-4-10-19;/h1,3-4,7-10,13-14,20,23H,2,5-6,11-12,15-18H2;1H. The van der Waals surface area contributed by atoms with Crippen LogP contribution in [-0.4, -0.2) is 51.3 Å². The van der Waals surface area contributed by atoms with Crippen molar-refractivity contribution in [3.63, 3.8) is 0 Å². The summed E-state index contributed by atoms with van der Waals surface area (Å²) in [6, 6.07) is 17.6. The fourth-order valence-electron chi connectivity index (χ4n) is 5.04. The molecule has 1 aromatic heterocycles. The van der Waals surface area contributed by atoms with E-state index in [-0.39, 0.29) is 24.3 Å². The van der Waals surface area contributed by atoms with Crippen LogP contribution in [0.25, 0.3) is 0 Å². The van der Waals surface area contributed by atoms with Gasteiger partial charge in [-0.05, 0) is 41.5 Å². The number of hydrogen-bond acceptors (Lipinski definition) is 5. The summed E-state index contributed by atoms with van der Waals surface area (Å²) in [4.78, 5) is 4.72. The van der Waals surface area contributed by atoms with E-state index in [1.807, 2.05) is 22.9 Å². The number of benzene rings is 2. The number of para-hydroxylation sites is 1. The van der Waals surface area contributed by atoms with Crippen molar-refractivity contribution < 1.29 is 4.39 Å². The number of rotatable bonds is 5. The lowest BCUT2D eigenvalue weighted by atomic mass is 9.95. The van der Waals surface area contributed by atoms with E-state index >= 15 is 0 Å². The van der Waals surface area contributed by atoms with Crippen molar-refractivity contribution in [1.82, 2.24) is 25.1 Å². The highest BCUT2D eigenvalue weighted by atomic mass is 35.5. The van der Waals surface area contributed by atoms with E-state index in [1.165, 1.54) is 31.0 Å². The maximum Gasteiger partial charge on any atom is 0.173 e. The van der Waals surface area contributed by atoms with Crippen LogP contribution < -0.4 is 4.90 Å². The van der Waals surface area contributed by atoms with Gasteiger partial charge in [-0.15, -0.1) is 17.5 Å². The molecule has 1 saturated carbocycles. The third-order valence-electron chi connectivity index (χ3n) is 6.68. The maximum atomic E-state index is 15.0. The molecule has 1 saturated heterocycles. The molecule has 1 atom stereocenters. The van der Waals surface area contributed by atoms with Gasteiger partial charge in [0.1, 0.15) is 11.9 Å². The Morgan fingerprint density at radius 3 is 2.25 bits per heavy atom. The van der Waals surface area contributed by atoms with Gasteiger partial charge in [-0.1, -0.05) is 55.7 Å². The van der Waals surface area contributed by atoms with Gasteiger partial charge in [-0.3, -0.25) is 4.90 Å². The van der Waals surface area contributed by atoms with Gasteiger partial charge in [0.25, 0.3) is 0 Å². The van der Waals surface area contributed by atoms with E-state index in [1.54, 1.807) is 6.07 Å². The zero-order valence-electron chi connectivity index (χ0n) is 18.2. The molecule has 0 spiro atoms. The summed E-state index contributed by atoms with van der Waals surface area (Å²) in [7, 11) is 0. The molecule has 2 fully saturated rings. The number of aromatic nitrogens is 4. The van der Waals surface area contributed by atoms with E-state index in [4.69, 9.17) is 0 Å². The number of anilines is 1. The van der Waals surface area contributed by atoms with Gasteiger partial charge < -0.3 is 4.90 Å². The summed E-state index contributed by atoms with van der Waals surface area (Å²) in [5.41, 5.74) is 1.89. The molecule has 0 amide bonds. The number of tetrazole rings is 1. The Morgan fingerprint density at radius 2 is 1.53 bits per heavy atom. The highest BCUT2D eigenvalue weighted by Gasteiger charge is 2.34. The lowest BCUT2D eigenvalue weighted by Crippen LogP contribution is -2.48. The molecule has 5 rings (SSSR count). The maximum absolute atomic E-state index is 15.0. The van der Waals surface area contributed by atoms with Gasteiger partial charge in [-0.2, -0.15) is 0 Å². The molecule has 2 aliphatic rings. The Morgan fingerprint density at radius 1 is 0.844 bits per heavy atom. The van der Waals surface area contributed by atoms with Gasteiger partial charge >= 0.3 is 0 Å². The Kier molecular flexibility index (Phi) is 7.37. The largest absolute Gasteiger partial charge is 0.369 e. The van der Waals surface area contributed by atoms with Gasteiger partial charge in [0.15, 0.2) is 5.82 Å². The fourth-order valence-corrected chi connectivity index (χ4v) is 5.04. The summed E-state index contributed by atoms with van der Waals surface area (Å²) in [5, 5.41) is 12.8. The lowest BCUT2D eigenvalue weighted by molar-refractivity contribution is 0.190. The molecule has 1 aliphatic heterocycles. The van der Waals surface area contributed by atoms with Crippen molar-refractivity contribution in [2.75, 3.05) is 31.1 Å². The van der Waals surface area contributed by atoms with E-state index in [2.05, 4.69) is 49.6 Å². The number of piperazine rings is 1. The predicted molar refractivity (Wildman–Crippen MR) is 126 cm³/mol. The lowest BCUT2D eigenvalue weighted by Gasteiger charge is -2.40. The van der Waals surface area contributed by atoms with Crippen LogP contribution in [0.15, 0.2) is 54.6 Å². The summed E-state index contributed by atoms with van der Waals surface area (Å²) in [6.07, 6.45) is 5.84. The van der Waals surface area contributed by atoms with Gasteiger partial charge in [0, 0.05) is 37.4 Å². The average Bonchev–Trinajstić information content (AvgIpc) is 3.32. The molecule has 3 aromatic rings. The first kappa shape index (κ1) is 22.7. The van der Waals surface area contributed by atoms with Crippen LogP contribution in [0.3, 0.4) is 0 Å². The van der Waals surface area contributed by atoms with Crippen LogP contribution in [0, 0.1) is 5.82 Å². The number of hydrogen-bond donors (Lipinski definition) is 0. The van der Waals surface area contributed by atoms with Crippen molar-refractivity contribution in [2.45, 2.75) is 44.2 Å². The zero-order chi connectivity index (χ0) is 21.0. The predicted octanol–water partition coefficient (Wildman–Crippen LogP) is 4.65. The summed E-state index contributed by atoms with van der Waals surface area (Å²) in [5.74, 6) is 0.571. The minimum Gasteiger partial charge on any atom is -0.369 e. The monoisotopic (exact) mass is 456 g/mol. The normalized spacial score (nSPS) is 18.8. The van der Waals surface area contributed by atoms with E-state index in [0.29, 0.717) is 11.6 Å². The Labute approximate surface area is 194 Å². The molecule has 1 unspecified atom stereocenters. The van der Waals surface area contributed by atoms with Gasteiger partial charge in [0.2, 0.25) is 0 Å². The fraction of sp³-hybridized carbons (Fsp3) is 0.458. The minimum absolute atomic E-state index is 0. The van der Waals surface area contributed by atoms with Crippen LogP contribution in [0.2, 0.25) is 0 Å². The quantitative estimate of drug-likeness (QED) is 0.559. The highest BCUT2D eigenvalue weighted by Crippen LogP contribution is 2.34. The topological polar surface area (TPSA) is 50.1 Å². The average molecular weight is 457 g/mol. The Balaban J connectivity index is 0.00000245. The third kappa shape index (κ3) is 4.64. The van der Waals surface area contributed by atoms with Crippen LogP contribution in [0.1, 0.15) is 55.6 Å². The minimum atomic E-state index is -0.281. The molecular weight excluding hydrogens is 427 g/mol. The molecule has 1 aliphatic carbocycles. The molecule has 8 heteroatoms. The molecule has 0 bridgehead atoms. The summed E-state index contributed by atoms with van der Waals surface area (Å²) in [6.45, 7) is 3.43. The molecule has 2 heterocycles. The number of nitrogens with zero attached hydrogens (tertiary/aromatic N) is 6. The molecular formula is C24H30ClFN6. The second-order valence-electron chi connectivity index (χ2n) is 8.56. The molecule has 2 aromatic carbocycles. The van der Waals surface area contributed by atoms with E-state index in [9.17, 15) is 4.39 Å². The molecule has 170 valence electrons. The van der Waals surface area contributed by atoms with Crippen molar-refractivity contribution in [1.29, 1.82) is 0 Å². The summed E-state index contributed by atoms with van der Waals surface area (Å²) >= 11 is 0. The van der Waals surface area contributed by atoms with E-state index < -0.39 is 0 Å². The van der Waals surface area contributed by atoms with Crippen LogP contribution in [0.4, 0.5) is 10.1 Å². The first-order valence-electron chi connectivity index (χ1n) is 11.4. The highest BCUT2D eigenvalue weighted by molar-refractivity contribution is 5.85. The summed E-state index contributed by atoms with van der Waals surface area (Å²) < 4.78 is 17.0. The first-order valence-corrected chi connectivity index (χ1v) is 11.4. The molecule has 0 N–H and O–H groups in total. The Bertz CT molecular complexity index is 983. The number of halogens is 2. The third-order valence-corrected chi connectivity index (χ3v) is 6.68. The zero-order valence-corrected chi connectivity index (χ0v) is 19.0. The van der Waals surface area contributed by atoms with E-state index in [0.717, 1.165) is 44.8 Å². The van der Waals surface area contributed by atoms with Crippen LogP contribution in [-0.2, 0) is 0 Å². The molecule has 32 heavy (non-hydrogen) atoms. The Hall–Kier alpha value is -2.51. The van der Waals surface area contributed by atoms with Crippen molar-refractivity contribution in [3.8, 4) is 0 Å². The van der Waals surface area contributed by atoms with Crippen LogP contribution in [0.5, 0.6) is 0 Å². The smallest absolute Gasteiger partial charge is 0.173 e. The van der Waals surface area contributed by atoms with Crippen molar-refractivity contribution in [3.05, 3.63) is 71.8 Å². The molecule has 0 radical (unpaired) electrons. The van der Waals surface area contributed by atoms with Crippen LogP contribution >= 0.6 is 12.4 Å².